The van der Waals surface area contributed by atoms with E-state index in [1.165, 1.54) is 12.8 Å². The van der Waals surface area contributed by atoms with Crippen molar-refractivity contribution in [3.63, 3.8) is 0 Å². The van der Waals surface area contributed by atoms with E-state index in [4.69, 9.17) is 5.73 Å². The molecule has 88 valence electrons. The van der Waals surface area contributed by atoms with Gasteiger partial charge in [-0.2, -0.15) is 0 Å². The number of likely N-dealkylation sites (tertiary alicyclic amines) is 1. The second-order valence-corrected chi connectivity index (χ2v) is 5.39. The molecule has 1 amide bonds. The molecule has 1 fully saturated rings. The predicted octanol–water partition coefficient (Wildman–Crippen LogP) is 0.529. The molecule has 0 aliphatic carbocycles. The molecule has 4 heteroatoms. The maximum atomic E-state index is 11.6. The summed E-state index contributed by atoms with van der Waals surface area (Å²) in [7, 11) is 0. The third-order valence-corrected chi connectivity index (χ3v) is 2.82. The van der Waals surface area contributed by atoms with Crippen molar-refractivity contribution in [3.05, 3.63) is 0 Å². The van der Waals surface area contributed by atoms with Crippen LogP contribution in [0.1, 0.15) is 33.6 Å². The molecule has 0 radical (unpaired) electrons. The molecule has 1 aliphatic heterocycles. The van der Waals surface area contributed by atoms with E-state index in [0.29, 0.717) is 6.54 Å². The first-order valence-corrected chi connectivity index (χ1v) is 5.67. The second kappa shape index (κ2) is 4.94. The first-order chi connectivity index (χ1) is 6.89. The summed E-state index contributed by atoms with van der Waals surface area (Å²) in [4.78, 5) is 13.8. The minimum atomic E-state index is -0.271. The average molecular weight is 213 g/mol. The predicted molar refractivity (Wildman–Crippen MR) is 61.2 cm³/mol. The maximum Gasteiger partial charge on any atom is 0.235 e. The fraction of sp³-hybridized carbons (Fsp3) is 0.909. The van der Waals surface area contributed by atoms with Crippen LogP contribution >= 0.6 is 0 Å². The molecular formula is C11H23N3O. The van der Waals surface area contributed by atoms with Crippen molar-refractivity contribution < 1.29 is 4.79 Å². The second-order valence-electron chi connectivity index (χ2n) is 5.39. The highest BCUT2D eigenvalue weighted by molar-refractivity contribution is 5.78. The van der Waals surface area contributed by atoms with Crippen molar-refractivity contribution in [2.75, 3.05) is 19.6 Å². The van der Waals surface area contributed by atoms with Crippen molar-refractivity contribution in [1.82, 2.24) is 10.2 Å². The first kappa shape index (κ1) is 12.5. The Morgan fingerprint density at radius 2 is 1.93 bits per heavy atom. The van der Waals surface area contributed by atoms with Gasteiger partial charge in [0, 0.05) is 0 Å². The molecule has 1 aliphatic rings. The lowest BCUT2D eigenvalue weighted by Gasteiger charge is -2.28. The molecule has 3 N–H and O–H groups in total. The van der Waals surface area contributed by atoms with Crippen LogP contribution < -0.4 is 11.1 Å². The summed E-state index contributed by atoms with van der Waals surface area (Å²) in [6.07, 6.45) is 2.14. The highest BCUT2D eigenvalue weighted by Crippen LogP contribution is 2.15. The van der Waals surface area contributed by atoms with Crippen LogP contribution in [0.3, 0.4) is 0 Å². The molecule has 0 bridgehead atoms. The third kappa shape index (κ3) is 4.18. The molecule has 0 saturated carbocycles. The van der Waals surface area contributed by atoms with Gasteiger partial charge in [0.2, 0.25) is 5.91 Å². The van der Waals surface area contributed by atoms with Crippen LogP contribution in [-0.2, 0) is 4.79 Å². The van der Waals surface area contributed by atoms with Crippen molar-refractivity contribution in [3.8, 4) is 0 Å². The standard InChI is InChI=1S/C11H23N3O/c1-11(2,3)10(12)13-9(15)8-14-6-4-5-7-14/h10H,4-8,12H2,1-3H3,(H,13,15)/t10-/m0/s1. The van der Waals surface area contributed by atoms with Gasteiger partial charge in [-0.15, -0.1) is 0 Å². The molecular weight excluding hydrogens is 190 g/mol. The normalized spacial score (nSPS) is 20.3. The Labute approximate surface area is 92.2 Å². The Kier molecular flexibility index (Phi) is 4.11. The van der Waals surface area contributed by atoms with E-state index >= 15 is 0 Å². The summed E-state index contributed by atoms with van der Waals surface area (Å²) in [6.45, 7) is 8.63. The van der Waals surface area contributed by atoms with Crippen molar-refractivity contribution in [2.45, 2.75) is 39.8 Å². The van der Waals surface area contributed by atoms with Crippen LogP contribution in [0.2, 0.25) is 0 Å². The third-order valence-electron chi connectivity index (χ3n) is 2.82. The Bertz CT molecular complexity index is 216. The van der Waals surface area contributed by atoms with Gasteiger partial charge >= 0.3 is 0 Å². The SMILES string of the molecule is CC(C)(C)[C@@H](N)NC(=O)CN1CCCC1. The van der Waals surface area contributed by atoms with Gasteiger partial charge in [0.15, 0.2) is 0 Å². The summed E-state index contributed by atoms with van der Waals surface area (Å²) in [5, 5.41) is 2.84. The van der Waals surface area contributed by atoms with E-state index < -0.39 is 0 Å². The largest absolute Gasteiger partial charge is 0.339 e. The number of carbonyl (C=O) groups is 1. The Morgan fingerprint density at radius 3 is 2.40 bits per heavy atom. The van der Waals surface area contributed by atoms with Gasteiger partial charge in [0.05, 0.1) is 12.7 Å². The Morgan fingerprint density at radius 1 is 1.40 bits per heavy atom. The number of rotatable bonds is 3. The van der Waals surface area contributed by atoms with Crippen LogP contribution in [0.15, 0.2) is 0 Å². The highest BCUT2D eigenvalue weighted by atomic mass is 16.2. The summed E-state index contributed by atoms with van der Waals surface area (Å²) < 4.78 is 0. The van der Waals surface area contributed by atoms with Crippen LogP contribution in [0.25, 0.3) is 0 Å². The lowest BCUT2D eigenvalue weighted by Crippen LogP contribution is -2.52. The fourth-order valence-electron chi connectivity index (χ4n) is 1.58. The van der Waals surface area contributed by atoms with Crippen molar-refractivity contribution in [1.29, 1.82) is 0 Å². The van der Waals surface area contributed by atoms with Gasteiger partial charge in [0.1, 0.15) is 0 Å². The van der Waals surface area contributed by atoms with Gasteiger partial charge < -0.3 is 11.1 Å². The number of nitrogens with zero attached hydrogens (tertiary/aromatic N) is 1. The maximum absolute atomic E-state index is 11.6. The van der Waals surface area contributed by atoms with Gasteiger partial charge in [-0.3, -0.25) is 9.69 Å². The summed E-state index contributed by atoms with van der Waals surface area (Å²) >= 11 is 0. The van der Waals surface area contributed by atoms with Crippen LogP contribution in [-0.4, -0.2) is 36.6 Å². The van der Waals surface area contributed by atoms with Crippen LogP contribution in [0, 0.1) is 5.41 Å². The number of hydrogen-bond donors (Lipinski definition) is 2. The Balaban J connectivity index is 2.29. The first-order valence-electron chi connectivity index (χ1n) is 5.67. The van der Waals surface area contributed by atoms with Crippen LogP contribution in [0.5, 0.6) is 0 Å². The van der Waals surface area contributed by atoms with E-state index in [0.717, 1.165) is 13.1 Å². The van der Waals surface area contributed by atoms with Crippen LogP contribution in [0.4, 0.5) is 0 Å². The lowest BCUT2D eigenvalue weighted by molar-refractivity contribution is -0.123. The zero-order valence-electron chi connectivity index (χ0n) is 10.0. The van der Waals surface area contributed by atoms with Gasteiger partial charge in [-0.25, -0.2) is 0 Å². The molecule has 0 aromatic rings. The van der Waals surface area contributed by atoms with E-state index in [1.807, 2.05) is 20.8 Å². The molecule has 1 heterocycles. The summed E-state index contributed by atoms with van der Waals surface area (Å²) in [5.74, 6) is 0.0410. The molecule has 1 rings (SSSR count). The number of nitrogens with two attached hydrogens (primary N) is 1. The minimum Gasteiger partial charge on any atom is -0.339 e. The summed E-state index contributed by atoms with van der Waals surface area (Å²) in [5.41, 5.74) is 5.79. The van der Waals surface area contributed by atoms with E-state index in [-0.39, 0.29) is 17.5 Å². The highest BCUT2D eigenvalue weighted by Gasteiger charge is 2.23. The molecule has 0 aromatic heterocycles. The molecule has 1 saturated heterocycles. The minimum absolute atomic E-state index is 0.0410. The van der Waals surface area contributed by atoms with E-state index in [1.54, 1.807) is 0 Å². The van der Waals surface area contributed by atoms with Crippen molar-refractivity contribution in [2.24, 2.45) is 11.1 Å². The molecule has 1 atom stereocenters. The zero-order chi connectivity index (χ0) is 11.5. The monoisotopic (exact) mass is 213 g/mol. The Hall–Kier alpha value is -0.610. The smallest absolute Gasteiger partial charge is 0.235 e. The molecule has 0 aromatic carbocycles. The lowest BCUT2D eigenvalue weighted by atomic mass is 9.93. The van der Waals surface area contributed by atoms with E-state index in [9.17, 15) is 4.79 Å². The molecule has 0 unspecified atom stereocenters. The summed E-state index contributed by atoms with van der Waals surface area (Å²) in [6, 6.07) is 0. The molecule has 0 spiro atoms. The van der Waals surface area contributed by atoms with Gasteiger partial charge in [0.25, 0.3) is 0 Å². The quantitative estimate of drug-likeness (QED) is 0.672. The van der Waals surface area contributed by atoms with Gasteiger partial charge in [-0.05, 0) is 31.3 Å². The molecule has 15 heavy (non-hydrogen) atoms. The molecule has 4 nitrogen and oxygen atoms in total. The van der Waals surface area contributed by atoms with E-state index in [2.05, 4.69) is 10.2 Å². The number of hydrogen-bond acceptors (Lipinski definition) is 3. The number of carbonyl (C=O) groups excluding carboxylic acids is 1. The fourth-order valence-corrected chi connectivity index (χ4v) is 1.58. The van der Waals surface area contributed by atoms with Gasteiger partial charge in [-0.1, -0.05) is 20.8 Å². The number of nitrogens with one attached hydrogen (secondary N) is 1. The average Bonchev–Trinajstić information content (AvgIpc) is 2.54. The number of amides is 1. The zero-order valence-corrected chi connectivity index (χ0v) is 10.0. The topological polar surface area (TPSA) is 58.4 Å². The van der Waals surface area contributed by atoms with Crippen molar-refractivity contribution >= 4 is 5.91 Å².